The smallest absolute Gasteiger partial charge is 0.333 e. The molecule has 17 nitrogen and oxygen atoms in total. The lowest BCUT2D eigenvalue weighted by Crippen LogP contribution is -2.48. The number of rotatable bonds is 14. The fraction of sp³-hybridized carbons (Fsp3) is 0.362. The molecule has 2 aliphatic carbocycles. The summed E-state index contributed by atoms with van der Waals surface area (Å²) >= 11 is 0. The molecule has 10 aromatic rings. The highest BCUT2D eigenvalue weighted by atomic mass is 19.3. The first kappa shape index (κ1) is 60.2. The lowest BCUT2D eigenvalue weighted by Gasteiger charge is -2.42. The van der Waals surface area contributed by atoms with Crippen LogP contribution in [-0.4, -0.2) is 95.6 Å². The van der Waals surface area contributed by atoms with Gasteiger partial charge in [-0.3, -0.25) is 15.0 Å². The highest BCUT2D eigenvalue weighted by molar-refractivity contribution is 5.72. The van der Waals surface area contributed by atoms with Gasteiger partial charge in [-0.15, -0.1) is 12.8 Å². The van der Waals surface area contributed by atoms with Crippen molar-refractivity contribution in [3.05, 3.63) is 161 Å². The number of halogens is 2. The Kier molecular flexibility index (Phi) is 17.7. The number of ether oxygens (including phenoxy) is 1. The second-order valence-electron chi connectivity index (χ2n) is 24.4. The summed E-state index contributed by atoms with van der Waals surface area (Å²) in [6, 6.07) is 27.0. The van der Waals surface area contributed by atoms with Crippen molar-refractivity contribution in [2.24, 2.45) is 0 Å². The third-order valence-electron chi connectivity index (χ3n) is 16.8. The molecule has 450 valence electrons. The number of aromatic nitrogens is 11. The normalized spacial score (nSPS) is 19.0. The van der Waals surface area contributed by atoms with Crippen LogP contribution >= 0.6 is 0 Å². The van der Waals surface area contributed by atoms with Crippen LogP contribution in [0.15, 0.2) is 122 Å². The maximum atomic E-state index is 12.9. The third kappa shape index (κ3) is 13.2. The van der Waals surface area contributed by atoms with E-state index in [9.17, 15) is 13.9 Å². The van der Waals surface area contributed by atoms with Gasteiger partial charge in [-0.05, 0) is 171 Å². The molecule has 3 aliphatic rings. The van der Waals surface area contributed by atoms with E-state index in [2.05, 4.69) is 119 Å². The van der Waals surface area contributed by atoms with Crippen molar-refractivity contribution in [3.8, 4) is 64.9 Å². The van der Waals surface area contributed by atoms with Crippen molar-refractivity contribution in [2.75, 3.05) is 29.2 Å². The molecule has 2 saturated carbocycles. The Morgan fingerprint density at radius 3 is 1.39 bits per heavy atom. The van der Waals surface area contributed by atoms with Gasteiger partial charge in [0.1, 0.15) is 6.07 Å². The molecule has 0 radical (unpaired) electrons. The number of nitrogens with one attached hydrogen (secondary N) is 3. The number of nitriles is 1. The zero-order chi connectivity index (χ0) is 61.8. The molecule has 0 spiro atoms. The van der Waals surface area contributed by atoms with Crippen molar-refractivity contribution in [3.63, 3.8) is 0 Å². The Balaban J connectivity index is 0.000000138. The molecule has 0 amide bonds. The third-order valence-corrected chi connectivity index (χ3v) is 16.8. The van der Waals surface area contributed by atoms with Crippen LogP contribution in [0.4, 0.5) is 25.8 Å². The molecule has 10 aromatic heterocycles. The maximum Gasteiger partial charge on any atom is 0.333 e. The van der Waals surface area contributed by atoms with Gasteiger partial charge in [-0.2, -0.15) is 34.4 Å². The molecule has 1 saturated heterocycles. The lowest BCUT2D eigenvalue weighted by atomic mass is 9.77. The van der Waals surface area contributed by atoms with Crippen LogP contribution in [0.5, 0.6) is 0 Å². The SMILES string of the molecule is C#Cc1cnn2c(-c3cc(NC4CC(C)(O)C4)c(C(C)C)cn3)ccc2c1.C#Cc1cnn2c(-c3cc(NC4CCOC4)c(C(C)C)cn3)ccc2c1.CC(C)c1cnc(-c2ccc3cc(C#N)cnn23)cc1NC1CCC(c2cnn(C(F)F)c2)CC1. The maximum absolute atomic E-state index is 12.9. The Hall–Kier alpha value is -9.48. The second-order valence-corrected chi connectivity index (χ2v) is 24.4. The van der Waals surface area contributed by atoms with Gasteiger partial charge >= 0.3 is 6.55 Å². The van der Waals surface area contributed by atoms with Gasteiger partial charge in [-0.25, -0.2) is 18.2 Å². The van der Waals surface area contributed by atoms with Gasteiger partial charge in [0.15, 0.2) is 0 Å². The van der Waals surface area contributed by atoms with E-state index in [-0.39, 0.29) is 12.0 Å². The number of alkyl halides is 2. The molecule has 1 unspecified atom stereocenters. The summed E-state index contributed by atoms with van der Waals surface area (Å²) in [6.07, 6.45) is 31.1. The first-order valence-corrected chi connectivity index (χ1v) is 30.1. The van der Waals surface area contributed by atoms with E-state index in [1.54, 1.807) is 29.3 Å². The van der Waals surface area contributed by atoms with E-state index in [0.29, 0.717) is 35.4 Å². The summed E-state index contributed by atoms with van der Waals surface area (Å²) in [7, 11) is 0. The summed E-state index contributed by atoms with van der Waals surface area (Å²) in [5, 5.41) is 47.3. The van der Waals surface area contributed by atoms with Gasteiger partial charge in [0, 0.05) is 71.7 Å². The summed E-state index contributed by atoms with van der Waals surface area (Å²) < 4.78 is 37.5. The second kappa shape index (κ2) is 25.8. The molecule has 13 rings (SSSR count). The predicted molar refractivity (Wildman–Crippen MR) is 340 cm³/mol. The molecule has 4 N–H and O–H groups in total. The topological polar surface area (TPSA) is 198 Å². The van der Waals surface area contributed by atoms with E-state index in [1.807, 2.05) is 89.1 Å². The van der Waals surface area contributed by atoms with E-state index in [4.69, 9.17) is 32.8 Å². The number of anilines is 3. The minimum absolute atomic E-state index is 0.259. The van der Waals surface area contributed by atoms with E-state index >= 15 is 0 Å². The molecule has 1 aliphatic heterocycles. The van der Waals surface area contributed by atoms with Crippen LogP contribution in [-0.2, 0) is 4.74 Å². The molecular formula is C69H73F2N15O2. The summed E-state index contributed by atoms with van der Waals surface area (Å²) in [6.45, 7) is 13.8. The standard InChI is InChI=1S/C26H27F2N7.C22H24N4O.C21H22N4O/c1-16(2)22-14-30-24(25-8-7-21-9-17(11-29)12-32-35(21)25)10-23(22)33-20-5-3-18(4-6-20)19-13-31-34(15-19)26(27)28;1-5-15-8-17-6-7-21(26(17)24-12-15)20-9-19(18(13-23-20)14(2)3)25-16-10-22(4,27)11-16;1-4-15-9-17-5-6-21(25(17)23-11-15)20-10-19(18(12-22-20)14(2)3)24-16-7-8-26-13-16/h7-10,12-16,18,20,26H,3-6H2,1-2H3,(H,30,33);1,6-9,12-14,16,27H,10-11H2,2-4H3,(H,23,25);1,5-6,9-12,14,16H,7-8,13H2,2-3H3,(H,22,24). The number of terminal acetylenes is 2. The Bertz CT molecular complexity index is 4240. The number of fused-ring (bicyclic) bond motifs is 3. The first-order chi connectivity index (χ1) is 42.4. The largest absolute Gasteiger partial charge is 0.390 e. The van der Waals surface area contributed by atoms with Crippen molar-refractivity contribution >= 4 is 33.6 Å². The Morgan fingerprint density at radius 1 is 0.568 bits per heavy atom. The van der Waals surface area contributed by atoms with Crippen LogP contribution < -0.4 is 16.0 Å². The molecule has 11 heterocycles. The van der Waals surface area contributed by atoms with Gasteiger partial charge < -0.3 is 25.8 Å². The number of aliphatic hydroxyl groups is 1. The zero-order valence-electron chi connectivity index (χ0n) is 50.7. The van der Waals surface area contributed by atoms with Crippen molar-refractivity contribution in [2.45, 2.75) is 147 Å². The van der Waals surface area contributed by atoms with Gasteiger partial charge in [0.25, 0.3) is 0 Å². The van der Waals surface area contributed by atoms with E-state index < -0.39 is 12.2 Å². The molecule has 0 bridgehead atoms. The Labute approximate surface area is 511 Å². The fourth-order valence-corrected chi connectivity index (χ4v) is 12.0. The molecule has 1 atom stereocenters. The lowest BCUT2D eigenvalue weighted by molar-refractivity contribution is -0.0234. The minimum atomic E-state index is -2.60. The molecule has 0 aromatic carbocycles. The first-order valence-electron chi connectivity index (χ1n) is 30.1. The number of hydrogen-bond acceptors (Lipinski definition) is 13. The highest BCUT2D eigenvalue weighted by Gasteiger charge is 2.38. The number of pyridine rings is 3. The van der Waals surface area contributed by atoms with Crippen LogP contribution in [0, 0.1) is 36.0 Å². The number of hydrogen-bond donors (Lipinski definition) is 4. The molecule has 88 heavy (non-hydrogen) atoms. The van der Waals surface area contributed by atoms with E-state index in [0.717, 1.165) is 153 Å². The van der Waals surface area contributed by atoms with Gasteiger partial charge in [0.2, 0.25) is 0 Å². The minimum Gasteiger partial charge on any atom is -0.390 e. The summed E-state index contributed by atoms with van der Waals surface area (Å²) in [5.41, 5.74) is 17.2. The van der Waals surface area contributed by atoms with Crippen LogP contribution in [0.1, 0.15) is 163 Å². The van der Waals surface area contributed by atoms with Gasteiger partial charge in [0.05, 0.1) is 99.3 Å². The average molecular weight is 1180 g/mol. The van der Waals surface area contributed by atoms with Crippen LogP contribution in [0.3, 0.4) is 0 Å². The van der Waals surface area contributed by atoms with Gasteiger partial charge in [-0.1, -0.05) is 53.4 Å². The molecular weight excluding hydrogens is 1110 g/mol. The van der Waals surface area contributed by atoms with Crippen LogP contribution in [0.25, 0.3) is 50.7 Å². The molecule has 3 fully saturated rings. The monoisotopic (exact) mass is 1180 g/mol. The highest BCUT2D eigenvalue weighted by Crippen LogP contribution is 2.39. The van der Waals surface area contributed by atoms with E-state index in [1.165, 1.54) is 17.3 Å². The summed E-state index contributed by atoms with van der Waals surface area (Å²) in [5.74, 6) is 6.55. The molecule has 19 heteroatoms. The van der Waals surface area contributed by atoms with Crippen molar-refractivity contribution < 1.29 is 18.6 Å². The van der Waals surface area contributed by atoms with Crippen molar-refractivity contribution in [1.29, 1.82) is 5.26 Å². The number of nitrogens with zero attached hydrogens (tertiary/aromatic N) is 12. The zero-order valence-corrected chi connectivity index (χ0v) is 50.7. The van der Waals surface area contributed by atoms with Crippen LogP contribution in [0.2, 0.25) is 0 Å². The quantitative estimate of drug-likeness (QED) is 0.0751. The predicted octanol–water partition coefficient (Wildman–Crippen LogP) is 13.6. The summed E-state index contributed by atoms with van der Waals surface area (Å²) in [4.78, 5) is 14.1. The average Bonchev–Trinajstić information content (AvgIpc) is 1.79. The fourth-order valence-electron chi connectivity index (χ4n) is 12.0. The van der Waals surface area contributed by atoms with Crippen molar-refractivity contribution in [1.82, 2.24) is 53.6 Å². The Morgan fingerprint density at radius 2 is 1.00 bits per heavy atom.